The topological polar surface area (TPSA) is 72.2 Å². The molecule has 0 saturated carbocycles. The van der Waals surface area contributed by atoms with Gasteiger partial charge in [-0.25, -0.2) is 4.39 Å². The number of nitro groups is 1. The van der Waals surface area contributed by atoms with Gasteiger partial charge in [-0.15, -0.1) is 0 Å². The predicted molar refractivity (Wildman–Crippen MR) is 89.3 cm³/mol. The summed E-state index contributed by atoms with van der Waals surface area (Å²) in [7, 11) is 0. The van der Waals surface area contributed by atoms with E-state index in [2.05, 4.69) is 5.32 Å². The zero-order valence-corrected chi connectivity index (χ0v) is 13.7. The van der Waals surface area contributed by atoms with Gasteiger partial charge < -0.3 is 5.32 Å². The lowest BCUT2D eigenvalue weighted by Crippen LogP contribution is -2.31. The number of carbonyl (C=O) groups is 1. The van der Waals surface area contributed by atoms with Crippen LogP contribution in [0.15, 0.2) is 42.5 Å². The number of hydrogen-bond acceptors (Lipinski definition) is 3. The Balaban J connectivity index is 2.23. The molecule has 0 aliphatic heterocycles. The van der Waals surface area contributed by atoms with E-state index in [0.717, 1.165) is 5.56 Å². The van der Waals surface area contributed by atoms with Crippen LogP contribution in [0.4, 0.5) is 10.1 Å². The Labute approximate surface area is 139 Å². The first-order chi connectivity index (χ1) is 11.3. The highest BCUT2D eigenvalue weighted by molar-refractivity contribution is 5.95. The maximum Gasteiger partial charge on any atom is 0.272 e. The van der Waals surface area contributed by atoms with Gasteiger partial charge >= 0.3 is 0 Å². The third kappa shape index (κ3) is 3.95. The zero-order chi connectivity index (χ0) is 17.9. The number of nitrogens with one attached hydrogen (secondary N) is 1. The Bertz CT molecular complexity index is 757. The number of amides is 1. The summed E-state index contributed by atoms with van der Waals surface area (Å²) in [6.07, 6.45) is 0. The van der Waals surface area contributed by atoms with Crippen LogP contribution in [-0.2, 0) is 0 Å². The molecule has 0 aliphatic carbocycles. The van der Waals surface area contributed by atoms with Crippen LogP contribution in [0.25, 0.3) is 0 Å². The SMILES string of the molecule is Cc1cc(C(=O)NC(c2ccc(F)cc2)C(C)C)ccc1[N+](=O)[O-]. The Kier molecular flexibility index (Phi) is 5.28. The molecule has 0 radical (unpaired) electrons. The van der Waals surface area contributed by atoms with Crippen molar-refractivity contribution in [1.82, 2.24) is 5.32 Å². The third-order valence-electron chi connectivity index (χ3n) is 3.84. The average Bonchev–Trinajstić information content (AvgIpc) is 2.52. The molecule has 2 aromatic rings. The number of halogens is 1. The number of hydrogen-bond donors (Lipinski definition) is 1. The highest BCUT2D eigenvalue weighted by Crippen LogP contribution is 2.24. The van der Waals surface area contributed by atoms with Crippen LogP contribution < -0.4 is 5.32 Å². The number of aryl methyl sites for hydroxylation is 1. The van der Waals surface area contributed by atoms with Crippen LogP contribution in [0.5, 0.6) is 0 Å². The summed E-state index contributed by atoms with van der Waals surface area (Å²) in [5, 5.41) is 13.8. The molecule has 0 bridgehead atoms. The van der Waals surface area contributed by atoms with E-state index in [0.29, 0.717) is 11.1 Å². The fourth-order valence-corrected chi connectivity index (χ4v) is 2.53. The quantitative estimate of drug-likeness (QED) is 0.660. The predicted octanol–water partition coefficient (Wildman–Crippen LogP) is 4.17. The zero-order valence-electron chi connectivity index (χ0n) is 13.7. The number of rotatable bonds is 5. The molecule has 0 fully saturated rings. The summed E-state index contributed by atoms with van der Waals surface area (Å²) < 4.78 is 13.1. The third-order valence-corrected chi connectivity index (χ3v) is 3.84. The Morgan fingerprint density at radius 2 is 1.79 bits per heavy atom. The molecule has 126 valence electrons. The van der Waals surface area contributed by atoms with E-state index < -0.39 is 4.92 Å². The van der Waals surface area contributed by atoms with Crippen molar-refractivity contribution in [3.8, 4) is 0 Å². The summed E-state index contributed by atoms with van der Waals surface area (Å²) in [4.78, 5) is 22.9. The van der Waals surface area contributed by atoms with Crippen molar-refractivity contribution in [1.29, 1.82) is 0 Å². The van der Waals surface area contributed by atoms with Gasteiger partial charge in [-0.3, -0.25) is 14.9 Å². The molecule has 6 heteroatoms. The minimum absolute atomic E-state index is 0.0227. The Morgan fingerprint density at radius 1 is 1.17 bits per heavy atom. The van der Waals surface area contributed by atoms with Gasteiger partial charge in [-0.05, 0) is 42.7 Å². The molecule has 2 rings (SSSR count). The van der Waals surface area contributed by atoms with Gasteiger partial charge in [0.05, 0.1) is 11.0 Å². The summed E-state index contributed by atoms with van der Waals surface area (Å²) in [6.45, 7) is 5.50. The largest absolute Gasteiger partial charge is 0.345 e. The molecule has 1 amide bonds. The van der Waals surface area contributed by atoms with Crippen molar-refractivity contribution in [2.75, 3.05) is 0 Å². The summed E-state index contributed by atoms with van der Waals surface area (Å²) >= 11 is 0. The lowest BCUT2D eigenvalue weighted by Gasteiger charge is -2.23. The monoisotopic (exact) mass is 330 g/mol. The lowest BCUT2D eigenvalue weighted by molar-refractivity contribution is -0.385. The van der Waals surface area contributed by atoms with E-state index in [1.807, 2.05) is 13.8 Å². The number of nitro benzene ring substituents is 1. The first-order valence-corrected chi connectivity index (χ1v) is 7.61. The van der Waals surface area contributed by atoms with Crippen LogP contribution in [0, 0.1) is 28.8 Å². The number of carbonyl (C=O) groups excluding carboxylic acids is 1. The van der Waals surface area contributed by atoms with E-state index >= 15 is 0 Å². The van der Waals surface area contributed by atoms with E-state index in [-0.39, 0.29) is 29.4 Å². The van der Waals surface area contributed by atoms with Crippen LogP contribution in [0.3, 0.4) is 0 Å². The van der Waals surface area contributed by atoms with Crippen molar-refractivity contribution in [3.05, 3.63) is 75.1 Å². The highest BCUT2D eigenvalue weighted by Gasteiger charge is 2.20. The first-order valence-electron chi connectivity index (χ1n) is 7.61. The molecular formula is C18H19FN2O3. The minimum Gasteiger partial charge on any atom is -0.345 e. The molecule has 0 heterocycles. The summed E-state index contributed by atoms with van der Waals surface area (Å²) in [5.74, 6) is -0.562. The van der Waals surface area contributed by atoms with Crippen molar-refractivity contribution >= 4 is 11.6 Å². The van der Waals surface area contributed by atoms with Gasteiger partial charge in [0, 0.05) is 17.2 Å². The second-order valence-corrected chi connectivity index (χ2v) is 6.01. The molecule has 0 spiro atoms. The van der Waals surface area contributed by atoms with Crippen LogP contribution in [-0.4, -0.2) is 10.8 Å². The maximum absolute atomic E-state index is 13.1. The fourth-order valence-electron chi connectivity index (χ4n) is 2.53. The lowest BCUT2D eigenvalue weighted by atomic mass is 9.95. The van der Waals surface area contributed by atoms with Gasteiger partial charge in [-0.2, -0.15) is 0 Å². The molecular weight excluding hydrogens is 311 g/mol. The van der Waals surface area contributed by atoms with E-state index in [4.69, 9.17) is 0 Å². The molecule has 1 unspecified atom stereocenters. The fraction of sp³-hybridized carbons (Fsp3) is 0.278. The molecule has 0 aliphatic rings. The first kappa shape index (κ1) is 17.6. The number of nitrogens with zero attached hydrogens (tertiary/aromatic N) is 1. The van der Waals surface area contributed by atoms with Gasteiger partial charge in [0.2, 0.25) is 0 Å². The van der Waals surface area contributed by atoms with Gasteiger partial charge in [-0.1, -0.05) is 26.0 Å². The second-order valence-electron chi connectivity index (χ2n) is 6.01. The van der Waals surface area contributed by atoms with Crippen molar-refractivity contribution in [3.63, 3.8) is 0 Å². The van der Waals surface area contributed by atoms with Crippen LogP contribution >= 0.6 is 0 Å². The van der Waals surface area contributed by atoms with Crippen LogP contribution in [0.2, 0.25) is 0 Å². The molecule has 0 saturated heterocycles. The van der Waals surface area contributed by atoms with Crippen molar-refractivity contribution in [2.45, 2.75) is 26.8 Å². The normalized spacial score (nSPS) is 12.0. The Hall–Kier alpha value is -2.76. The molecule has 1 N–H and O–H groups in total. The van der Waals surface area contributed by atoms with E-state index in [9.17, 15) is 19.3 Å². The molecule has 0 aromatic heterocycles. The average molecular weight is 330 g/mol. The van der Waals surface area contributed by atoms with Crippen LogP contribution in [0.1, 0.15) is 41.4 Å². The molecule has 24 heavy (non-hydrogen) atoms. The van der Waals surface area contributed by atoms with Gasteiger partial charge in [0.1, 0.15) is 5.82 Å². The van der Waals surface area contributed by atoms with Crippen molar-refractivity contribution in [2.24, 2.45) is 5.92 Å². The molecule has 5 nitrogen and oxygen atoms in total. The Morgan fingerprint density at radius 3 is 2.29 bits per heavy atom. The minimum atomic E-state index is -0.480. The van der Waals surface area contributed by atoms with E-state index in [1.54, 1.807) is 19.1 Å². The van der Waals surface area contributed by atoms with E-state index in [1.165, 1.54) is 30.3 Å². The standard InChI is InChI=1S/C18H19FN2O3/c1-11(2)17(13-4-7-15(19)8-5-13)20-18(22)14-6-9-16(21(23)24)12(3)10-14/h4-11,17H,1-3H3,(H,20,22). The second kappa shape index (κ2) is 7.21. The van der Waals surface area contributed by atoms with Gasteiger partial charge in [0.15, 0.2) is 0 Å². The maximum atomic E-state index is 13.1. The molecule has 1 atom stereocenters. The van der Waals surface area contributed by atoms with Gasteiger partial charge in [0.25, 0.3) is 11.6 Å². The highest BCUT2D eigenvalue weighted by atomic mass is 19.1. The summed E-state index contributed by atoms with van der Waals surface area (Å²) in [5.41, 5.74) is 1.56. The smallest absolute Gasteiger partial charge is 0.272 e. The molecule has 2 aromatic carbocycles. The van der Waals surface area contributed by atoms with Crippen molar-refractivity contribution < 1.29 is 14.1 Å². The summed E-state index contributed by atoms with van der Waals surface area (Å²) in [6, 6.07) is 9.96. The number of benzene rings is 2.